The zero-order valence-corrected chi connectivity index (χ0v) is 3.10. The molecule has 3 heteroatoms. The van der Waals surface area contributed by atoms with Crippen molar-refractivity contribution >= 4 is 0 Å². The summed E-state index contributed by atoms with van der Waals surface area (Å²) in [5, 5.41) is 1.82. The normalized spacial score (nSPS) is 49.2. The van der Waals surface area contributed by atoms with E-state index in [0.29, 0.717) is 0 Å². The molecular weight excluding hydrogens is 66.0 g/mol. The summed E-state index contributed by atoms with van der Waals surface area (Å²) >= 11 is 0. The van der Waals surface area contributed by atoms with Gasteiger partial charge in [-0.15, -0.1) is 0 Å². The van der Waals surface area contributed by atoms with Crippen LogP contribution in [0.2, 0.25) is 0 Å². The van der Waals surface area contributed by atoms with Crippen molar-refractivity contribution < 1.29 is 0 Å². The Labute approximate surface area is 30.7 Å². The summed E-state index contributed by atoms with van der Waals surface area (Å²) in [7, 11) is 1.89. The Morgan fingerprint density at radius 1 is 2.00 bits per heavy atom. The van der Waals surface area contributed by atoms with Gasteiger partial charge in [0, 0.05) is 7.05 Å². The Bertz CT molecular complexity index is 38.2. The minimum atomic E-state index is 0.134. The maximum absolute atomic E-state index is 5.18. The van der Waals surface area contributed by atoms with E-state index in [2.05, 4.69) is 5.43 Å². The number of hydrogen-bond donors (Lipinski definition) is 2. The SMILES string of the molecule is CN1NC1N. The van der Waals surface area contributed by atoms with Crippen molar-refractivity contribution in [3.05, 3.63) is 0 Å². The summed E-state index contributed by atoms with van der Waals surface area (Å²) in [6, 6.07) is 0. The second kappa shape index (κ2) is 0.680. The van der Waals surface area contributed by atoms with Crippen LogP contribution in [0.25, 0.3) is 0 Å². The van der Waals surface area contributed by atoms with E-state index in [1.165, 1.54) is 0 Å². The minimum absolute atomic E-state index is 0.134. The van der Waals surface area contributed by atoms with Gasteiger partial charge in [0.05, 0.1) is 0 Å². The molecule has 3 N–H and O–H groups in total. The van der Waals surface area contributed by atoms with Crippen molar-refractivity contribution in [1.82, 2.24) is 10.4 Å². The number of nitrogens with zero attached hydrogens (tertiary/aromatic N) is 1. The van der Waals surface area contributed by atoms with Gasteiger partial charge in [-0.05, 0) is 0 Å². The van der Waals surface area contributed by atoms with Crippen LogP contribution in [0.15, 0.2) is 0 Å². The predicted octanol–water partition coefficient (Wildman–Crippen LogP) is -1.32. The number of nitrogens with two attached hydrogens (primary N) is 1. The van der Waals surface area contributed by atoms with E-state index >= 15 is 0 Å². The molecule has 0 saturated carbocycles. The van der Waals surface area contributed by atoms with Crippen LogP contribution in [0.5, 0.6) is 0 Å². The lowest BCUT2D eigenvalue weighted by Gasteiger charge is -1.70. The zero-order valence-electron chi connectivity index (χ0n) is 3.10. The van der Waals surface area contributed by atoms with Gasteiger partial charge in [-0.3, -0.25) is 0 Å². The third-order valence-electron chi connectivity index (χ3n) is 0.685. The van der Waals surface area contributed by atoms with Crippen LogP contribution >= 0.6 is 0 Å². The highest BCUT2D eigenvalue weighted by atomic mass is 15.8. The van der Waals surface area contributed by atoms with Crippen molar-refractivity contribution in [3.63, 3.8) is 0 Å². The number of nitrogens with one attached hydrogen (secondary N) is 1. The van der Waals surface area contributed by atoms with Crippen LogP contribution in [0.1, 0.15) is 0 Å². The molecule has 0 radical (unpaired) electrons. The molecule has 1 aliphatic heterocycles. The smallest absolute Gasteiger partial charge is 0.137 e. The molecule has 1 rings (SSSR count). The van der Waals surface area contributed by atoms with Crippen LogP contribution in [-0.4, -0.2) is 18.3 Å². The van der Waals surface area contributed by atoms with E-state index in [4.69, 9.17) is 5.73 Å². The molecule has 0 aromatic carbocycles. The quantitative estimate of drug-likeness (QED) is 0.350. The molecule has 0 spiro atoms. The molecule has 2 atom stereocenters. The summed E-state index contributed by atoms with van der Waals surface area (Å²) in [5.74, 6) is 0. The monoisotopic (exact) mass is 73.1 g/mol. The molecule has 2 unspecified atom stereocenters. The van der Waals surface area contributed by atoms with E-state index in [1.54, 1.807) is 0 Å². The van der Waals surface area contributed by atoms with Gasteiger partial charge >= 0.3 is 0 Å². The van der Waals surface area contributed by atoms with Gasteiger partial charge in [-0.1, -0.05) is 0 Å². The van der Waals surface area contributed by atoms with E-state index in [0.717, 1.165) is 0 Å². The number of hydrogen-bond acceptors (Lipinski definition) is 3. The molecule has 0 aliphatic carbocycles. The minimum Gasteiger partial charge on any atom is -0.301 e. The van der Waals surface area contributed by atoms with Crippen LogP contribution in [0.4, 0.5) is 0 Å². The lowest BCUT2D eigenvalue weighted by atomic mass is 11.1. The third kappa shape index (κ3) is 0.397. The predicted molar refractivity (Wildman–Crippen MR) is 18.9 cm³/mol. The van der Waals surface area contributed by atoms with Gasteiger partial charge in [-0.2, -0.15) is 0 Å². The first-order valence-electron chi connectivity index (χ1n) is 1.55. The van der Waals surface area contributed by atoms with Gasteiger partial charge in [0.25, 0.3) is 0 Å². The molecule has 1 aliphatic rings. The average molecular weight is 73.1 g/mol. The van der Waals surface area contributed by atoms with Crippen molar-refractivity contribution in [1.29, 1.82) is 0 Å². The van der Waals surface area contributed by atoms with Gasteiger partial charge in [0.1, 0.15) is 6.29 Å². The Kier molecular flexibility index (Phi) is 0.419. The zero-order chi connectivity index (χ0) is 3.86. The Morgan fingerprint density at radius 2 is 2.20 bits per heavy atom. The molecule has 0 amide bonds. The van der Waals surface area contributed by atoms with Gasteiger partial charge in [0.15, 0.2) is 0 Å². The lowest BCUT2D eigenvalue weighted by Crippen LogP contribution is -2.06. The fourth-order valence-electron chi connectivity index (χ4n) is 0.175. The first-order valence-corrected chi connectivity index (χ1v) is 1.55. The van der Waals surface area contributed by atoms with Gasteiger partial charge in [-0.25, -0.2) is 10.4 Å². The van der Waals surface area contributed by atoms with Gasteiger partial charge in [0.2, 0.25) is 0 Å². The summed E-state index contributed by atoms with van der Waals surface area (Å²) in [6.07, 6.45) is 0.134. The van der Waals surface area contributed by atoms with Crippen molar-refractivity contribution in [2.75, 3.05) is 7.05 Å². The second-order valence-electron chi connectivity index (χ2n) is 1.18. The number of hydrazine groups is 1. The standard InChI is InChI=1S/C2H7N3/c1-5-2(3)4-5/h2,4H,3H2,1H3. The van der Waals surface area contributed by atoms with Crippen LogP contribution in [-0.2, 0) is 0 Å². The average Bonchev–Trinajstić information content (AvgIpc) is 1.79. The highest BCUT2D eigenvalue weighted by Crippen LogP contribution is 1.91. The van der Waals surface area contributed by atoms with Crippen molar-refractivity contribution in [2.24, 2.45) is 5.73 Å². The van der Waals surface area contributed by atoms with Crippen molar-refractivity contribution in [3.8, 4) is 0 Å². The fourth-order valence-corrected chi connectivity index (χ4v) is 0.175. The molecule has 0 bridgehead atoms. The summed E-state index contributed by atoms with van der Waals surface area (Å²) < 4.78 is 0. The molecule has 1 saturated heterocycles. The highest BCUT2D eigenvalue weighted by molar-refractivity contribution is 4.63. The maximum Gasteiger partial charge on any atom is 0.137 e. The molecule has 1 fully saturated rings. The van der Waals surface area contributed by atoms with Crippen LogP contribution in [0.3, 0.4) is 0 Å². The highest BCUT2D eigenvalue weighted by Gasteiger charge is 2.22. The van der Waals surface area contributed by atoms with Crippen LogP contribution in [0, 0.1) is 0 Å². The third-order valence-corrected chi connectivity index (χ3v) is 0.685. The molecular formula is C2H7N3. The van der Waals surface area contributed by atoms with Gasteiger partial charge < -0.3 is 5.73 Å². The second-order valence-corrected chi connectivity index (χ2v) is 1.18. The topological polar surface area (TPSA) is 51.0 Å². The maximum atomic E-state index is 5.18. The molecule has 0 aromatic heterocycles. The van der Waals surface area contributed by atoms with E-state index in [1.807, 2.05) is 12.1 Å². The van der Waals surface area contributed by atoms with E-state index in [-0.39, 0.29) is 6.29 Å². The lowest BCUT2D eigenvalue weighted by molar-refractivity contribution is 0.594. The molecule has 5 heavy (non-hydrogen) atoms. The molecule has 1 heterocycles. The molecule has 30 valence electrons. The molecule has 3 nitrogen and oxygen atoms in total. The van der Waals surface area contributed by atoms with E-state index < -0.39 is 0 Å². The number of rotatable bonds is 0. The largest absolute Gasteiger partial charge is 0.301 e. The fraction of sp³-hybridized carbons (Fsp3) is 1.00. The Balaban J connectivity index is 2.20. The van der Waals surface area contributed by atoms with Crippen LogP contribution < -0.4 is 11.2 Å². The summed E-state index contributed by atoms with van der Waals surface area (Å²) in [5.41, 5.74) is 7.99. The van der Waals surface area contributed by atoms with Crippen molar-refractivity contribution in [2.45, 2.75) is 6.29 Å². The first-order chi connectivity index (χ1) is 2.30. The summed E-state index contributed by atoms with van der Waals surface area (Å²) in [4.78, 5) is 0. The summed E-state index contributed by atoms with van der Waals surface area (Å²) in [6.45, 7) is 0. The Morgan fingerprint density at radius 3 is 2.20 bits per heavy atom. The van der Waals surface area contributed by atoms with E-state index in [9.17, 15) is 0 Å². The Hall–Kier alpha value is -0.120. The first kappa shape index (κ1) is 3.08. The molecule has 0 aromatic rings.